The van der Waals surface area contributed by atoms with Gasteiger partial charge < -0.3 is 0 Å². The van der Waals surface area contributed by atoms with Gasteiger partial charge in [0.05, 0.1) is 10.6 Å². The summed E-state index contributed by atoms with van der Waals surface area (Å²) >= 11 is 0. The zero-order valence-electron chi connectivity index (χ0n) is 9.43. The summed E-state index contributed by atoms with van der Waals surface area (Å²) in [6, 6.07) is 6.19. The molecule has 0 spiro atoms. The smallest absolute Gasteiger partial charge is 0.269 e. The monoisotopic (exact) mass is 221 g/mol. The SMILES string of the molecule is CCC(CC)=NNc1ccc([N+](=O)[O-])cc1. The average molecular weight is 221 g/mol. The Labute approximate surface area is 94.3 Å². The molecule has 0 heterocycles. The van der Waals surface area contributed by atoms with Crippen LogP contribution in [-0.2, 0) is 0 Å². The van der Waals surface area contributed by atoms with Crippen molar-refractivity contribution in [1.82, 2.24) is 0 Å². The number of rotatable bonds is 5. The molecule has 0 atom stereocenters. The van der Waals surface area contributed by atoms with Crippen LogP contribution in [0.5, 0.6) is 0 Å². The summed E-state index contributed by atoms with van der Waals surface area (Å²) in [6.07, 6.45) is 1.80. The second-order valence-electron chi connectivity index (χ2n) is 3.30. The van der Waals surface area contributed by atoms with Gasteiger partial charge in [-0.1, -0.05) is 13.8 Å². The number of hydrogen-bond acceptors (Lipinski definition) is 4. The van der Waals surface area contributed by atoms with E-state index in [0.29, 0.717) is 0 Å². The largest absolute Gasteiger partial charge is 0.279 e. The van der Waals surface area contributed by atoms with Gasteiger partial charge in [0.1, 0.15) is 0 Å². The molecule has 0 radical (unpaired) electrons. The summed E-state index contributed by atoms with van der Waals surface area (Å²) in [4.78, 5) is 10.0. The first-order chi connectivity index (χ1) is 7.67. The molecule has 0 aliphatic carbocycles. The molecule has 16 heavy (non-hydrogen) atoms. The van der Waals surface area contributed by atoms with E-state index in [4.69, 9.17) is 0 Å². The van der Waals surface area contributed by atoms with E-state index in [1.54, 1.807) is 12.1 Å². The van der Waals surface area contributed by atoms with Gasteiger partial charge in [-0.05, 0) is 25.0 Å². The van der Waals surface area contributed by atoms with Gasteiger partial charge >= 0.3 is 0 Å². The second-order valence-corrected chi connectivity index (χ2v) is 3.30. The van der Waals surface area contributed by atoms with Crippen LogP contribution >= 0.6 is 0 Å². The topological polar surface area (TPSA) is 67.5 Å². The van der Waals surface area contributed by atoms with Crippen molar-refractivity contribution in [1.29, 1.82) is 0 Å². The molecule has 1 N–H and O–H groups in total. The van der Waals surface area contributed by atoms with Gasteiger partial charge in [0.15, 0.2) is 0 Å². The predicted octanol–water partition coefficient (Wildman–Crippen LogP) is 3.18. The summed E-state index contributed by atoms with van der Waals surface area (Å²) in [5.74, 6) is 0. The molecule has 0 bridgehead atoms. The van der Waals surface area contributed by atoms with Gasteiger partial charge in [-0.2, -0.15) is 5.10 Å². The molecule has 5 nitrogen and oxygen atoms in total. The number of nitro benzene ring substituents is 1. The van der Waals surface area contributed by atoms with Crippen molar-refractivity contribution in [2.75, 3.05) is 5.43 Å². The molecular formula is C11H15N3O2. The molecular weight excluding hydrogens is 206 g/mol. The molecule has 0 aliphatic rings. The van der Waals surface area contributed by atoms with Crippen LogP contribution in [0.1, 0.15) is 26.7 Å². The van der Waals surface area contributed by atoms with Crippen molar-refractivity contribution in [3.63, 3.8) is 0 Å². The van der Waals surface area contributed by atoms with E-state index >= 15 is 0 Å². The first-order valence-electron chi connectivity index (χ1n) is 5.23. The minimum absolute atomic E-state index is 0.0840. The van der Waals surface area contributed by atoms with E-state index in [2.05, 4.69) is 10.5 Å². The predicted molar refractivity (Wildman–Crippen MR) is 64.7 cm³/mol. The average Bonchev–Trinajstić information content (AvgIpc) is 2.31. The quantitative estimate of drug-likeness (QED) is 0.471. The Kier molecular flexibility index (Phi) is 4.44. The Morgan fingerprint density at radius 2 is 1.88 bits per heavy atom. The van der Waals surface area contributed by atoms with Gasteiger partial charge in [0, 0.05) is 17.8 Å². The first kappa shape index (κ1) is 12.2. The summed E-state index contributed by atoms with van der Waals surface area (Å²) < 4.78 is 0. The molecule has 0 amide bonds. The third-order valence-corrected chi connectivity index (χ3v) is 2.24. The molecule has 0 saturated heterocycles. The Hall–Kier alpha value is -1.91. The van der Waals surface area contributed by atoms with E-state index < -0.39 is 4.92 Å². The Morgan fingerprint density at radius 3 is 2.31 bits per heavy atom. The molecule has 5 heteroatoms. The van der Waals surface area contributed by atoms with Crippen molar-refractivity contribution in [2.24, 2.45) is 5.10 Å². The maximum absolute atomic E-state index is 10.4. The van der Waals surface area contributed by atoms with Gasteiger partial charge in [0.25, 0.3) is 5.69 Å². The van der Waals surface area contributed by atoms with E-state index in [1.807, 2.05) is 13.8 Å². The van der Waals surface area contributed by atoms with Crippen LogP contribution in [0.4, 0.5) is 11.4 Å². The molecule has 0 aromatic heterocycles. The highest BCUT2D eigenvalue weighted by Gasteiger charge is 2.03. The van der Waals surface area contributed by atoms with Crippen LogP contribution in [0.25, 0.3) is 0 Å². The highest BCUT2D eigenvalue weighted by Crippen LogP contribution is 2.15. The molecule has 0 saturated carbocycles. The van der Waals surface area contributed by atoms with Gasteiger partial charge in [0.2, 0.25) is 0 Å². The maximum Gasteiger partial charge on any atom is 0.269 e. The van der Waals surface area contributed by atoms with Crippen LogP contribution < -0.4 is 5.43 Å². The summed E-state index contributed by atoms with van der Waals surface area (Å²) in [5, 5.41) is 14.6. The molecule has 1 rings (SSSR count). The minimum Gasteiger partial charge on any atom is -0.279 e. The lowest BCUT2D eigenvalue weighted by Gasteiger charge is -2.02. The van der Waals surface area contributed by atoms with Crippen LogP contribution in [0.15, 0.2) is 29.4 Å². The second kappa shape index (κ2) is 5.85. The van der Waals surface area contributed by atoms with Crippen molar-refractivity contribution in [3.8, 4) is 0 Å². The number of hydrogen-bond donors (Lipinski definition) is 1. The fourth-order valence-electron chi connectivity index (χ4n) is 1.21. The van der Waals surface area contributed by atoms with E-state index in [1.165, 1.54) is 12.1 Å². The van der Waals surface area contributed by atoms with E-state index in [-0.39, 0.29) is 5.69 Å². The van der Waals surface area contributed by atoms with Crippen molar-refractivity contribution in [2.45, 2.75) is 26.7 Å². The molecule has 1 aromatic rings. The number of nitrogens with zero attached hydrogens (tertiary/aromatic N) is 2. The number of nitrogens with one attached hydrogen (secondary N) is 1. The fraction of sp³-hybridized carbons (Fsp3) is 0.364. The van der Waals surface area contributed by atoms with E-state index in [0.717, 1.165) is 24.2 Å². The number of hydrazone groups is 1. The third kappa shape index (κ3) is 3.34. The van der Waals surface area contributed by atoms with Crippen LogP contribution in [0.3, 0.4) is 0 Å². The highest BCUT2D eigenvalue weighted by molar-refractivity contribution is 5.84. The number of anilines is 1. The fourth-order valence-corrected chi connectivity index (χ4v) is 1.21. The molecule has 86 valence electrons. The molecule has 0 unspecified atom stereocenters. The Bertz CT molecular complexity index is 379. The van der Waals surface area contributed by atoms with Gasteiger partial charge in [-0.15, -0.1) is 0 Å². The maximum atomic E-state index is 10.4. The Balaban J connectivity index is 2.69. The lowest BCUT2D eigenvalue weighted by atomic mass is 10.2. The van der Waals surface area contributed by atoms with E-state index in [9.17, 15) is 10.1 Å². The van der Waals surface area contributed by atoms with Crippen LogP contribution in [0, 0.1) is 10.1 Å². The van der Waals surface area contributed by atoms with Crippen LogP contribution in [-0.4, -0.2) is 10.6 Å². The molecule has 1 aromatic carbocycles. The Morgan fingerprint density at radius 1 is 1.31 bits per heavy atom. The summed E-state index contributed by atoms with van der Waals surface area (Å²) in [6.45, 7) is 4.08. The number of nitro groups is 1. The lowest BCUT2D eigenvalue weighted by Crippen LogP contribution is -1.99. The number of non-ortho nitro benzene ring substituents is 1. The molecule has 0 fully saturated rings. The lowest BCUT2D eigenvalue weighted by molar-refractivity contribution is -0.384. The summed E-state index contributed by atoms with van der Waals surface area (Å²) in [7, 11) is 0. The standard InChI is InChI=1S/C11H15N3O2/c1-3-9(4-2)12-13-10-5-7-11(8-6-10)14(15)16/h5-8,13H,3-4H2,1-2H3. The van der Waals surface area contributed by atoms with Crippen molar-refractivity contribution < 1.29 is 4.92 Å². The zero-order valence-corrected chi connectivity index (χ0v) is 9.43. The van der Waals surface area contributed by atoms with Gasteiger partial charge in [-0.25, -0.2) is 0 Å². The van der Waals surface area contributed by atoms with Crippen molar-refractivity contribution in [3.05, 3.63) is 34.4 Å². The zero-order chi connectivity index (χ0) is 12.0. The highest BCUT2D eigenvalue weighted by atomic mass is 16.6. The summed E-state index contributed by atoms with van der Waals surface area (Å²) in [5.41, 5.74) is 4.78. The third-order valence-electron chi connectivity index (χ3n) is 2.24. The minimum atomic E-state index is -0.420. The normalized spacial score (nSPS) is 9.62. The molecule has 0 aliphatic heterocycles. The number of benzene rings is 1. The van der Waals surface area contributed by atoms with Crippen molar-refractivity contribution >= 4 is 17.1 Å². The van der Waals surface area contributed by atoms with Crippen LogP contribution in [0.2, 0.25) is 0 Å². The van der Waals surface area contributed by atoms with Gasteiger partial charge in [-0.3, -0.25) is 15.5 Å². The first-order valence-corrected chi connectivity index (χ1v) is 5.23.